The second kappa shape index (κ2) is 5.38. The van der Waals surface area contributed by atoms with Crippen molar-refractivity contribution in [3.8, 4) is 0 Å². The van der Waals surface area contributed by atoms with Crippen molar-refractivity contribution in [2.24, 2.45) is 0 Å². The Morgan fingerprint density at radius 2 is 2.15 bits per heavy atom. The van der Waals surface area contributed by atoms with E-state index >= 15 is 0 Å². The Bertz CT molecular complexity index is 680. The van der Waals surface area contributed by atoms with Crippen LogP contribution >= 0.6 is 0 Å². The van der Waals surface area contributed by atoms with Gasteiger partial charge in [-0.15, -0.1) is 0 Å². The Morgan fingerprint density at radius 1 is 1.30 bits per heavy atom. The number of aromatic nitrogens is 2. The molecule has 6 heteroatoms. The van der Waals surface area contributed by atoms with E-state index in [1.807, 2.05) is 29.1 Å². The first-order valence-corrected chi connectivity index (χ1v) is 8.34. The summed E-state index contributed by atoms with van der Waals surface area (Å²) in [6.45, 7) is 1.61. The fraction of sp³-hybridized carbons (Fsp3) is 0.357. The Morgan fingerprint density at radius 3 is 2.95 bits per heavy atom. The molecule has 1 atom stereocenters. The van der Waals surface area contributed by atoms with E-state index in [4.69, 9.17) is 0 Å². The van der Waals surface area contributed by atoms with Crippen LogP contribution in [0.4, 0.5) is 0 Å². The van der Waals surface area contributed by atoms with Crippen LogP contribution < -0.4 is 5.32 Å². The molecule has 2 heterocycles. The molecular formula is C14H17N3O2S. The highest BCUT2D eigenvalue weighted by Crippen LogP contribution is 2.32. The number of nitrogens with zero attached hydrogens (tertiary/aromatic N) is 2. The average Bonchev–Trinajstić information content (AvgIpc) is 3.03. The molecule has 0 aliphatic carbocycles. The maximum atomic E-state index is 12.0. The molecule has 5 nitrogen and oxygen atoms in total. The summed E-state index contributed by atoms with van der Waals surface area (Å²) in [6.07, 6.45) is 4.60. The number of nitrogens with one attached hydrogen (secondary N) is 1. The predicted molar refractivity (Wildman–Crippen MR) is 76.1 cm³/mol. The summed E-state index contributed by atoms with van der Waals surface area (Å²) in [5.41, 5.74) is 0.895. The highest BCUT2D eigenvalue weighted by atomic mass is 32.2. The quantitative estimate of drug-likeness (QED) is 0.846. The number of sulfone groups is 1. The van der Waals surface area contributed by atoms with E-state index < -0.39 is 9.84 Å². The van der Waals surface area contributed by atoms with Crippen LogP contribution in [0.15, 0.2) is 47.6 Å². The smallest absolute Gasteiger partial charge is 0.180 e. The molecule has 20 heavy (non-hydrogen) atoms. The van der Waals surface area contributed by atoms with Crippen LogP contribution in [0.3, 0.4) is 0 Å². The third-order valence-corrected chi connectivity index (χ3v) is 5.34. The first kappa shape index (κ1) is 13.3. The largest absolute Gasteiger partial charge is 0.309 e. The Labute approximate surface area is 118 Å². The number of fused-ring (bicyclic) bond motifs is 1. The molecule has 0 radical (unpaired) electrons. The lowest BCUT2D eigenvalue weighted by Crippen LogP contribution is -2.24. The van der Waals surface area contributed by atoms with Gasteiger partial charge in [0, 0.05) is 25.0 Å². The fourth-order valence-corrected chi connectivity index (χ4v) is 4.34. The van der Waals surface area contributed by atoms with Gasteiger partial charge in [0.2, 0.25) is 0 Å². The maximum Gasteiger partial charge on any atom is 0.180 e. The summed E-state index contributed by atoms with van der Waals surface area (Å²) < 4.78 is 25.9. The molecule has 0 saturated heterocycles. The lowest BCUT2D eigenvalue weighted by atomic mass is 10.1. The number of benzene rings is 1. The van der Waals surface area contributed by atoms with Gasteiger partial charge in [0.25, 0.3) is 0 Å². The van der Waals surface area contributed by atoms with Gasteiger partial charge in [-0.05, 0) is 30.7 Å². The second-order valence-corrected chi connectivity index (χ2v) is 6.95. The number of rotatable bonds is 5. The maximum absolute atomic E-state index is 12.0. The van der Waals surface area contributed by atoms with Gasteiger partial charge in [0.15, 0.2) is 9.84 Å². The molecule has 106 valence electrons. The summed E-state index contributed by atoms with van der Waals surface area (Å²) in [7, 11) is -3.12. The van der Waals surface area contributed by atoms with E-state index in [9.17, 15) is 8.42 Å². The van der Waals surface area contributed by atoms with E-state index in [2.05, 4.69) is 10.4 Å². The van der Waals surface area contributed by atoms with Crippen molar-refractivity contribution in [1.82, 2.24) is 15.1 Å². The molecule has 1 aliphatic heterocycles. The van der Waals surface area contributed by atoms with Crippen LogP contribution in [0.1, 0.15) is 18.0 Å². The molecule has 2 aromatic rings. The van der Waals surface area contributed by atoms with Crippen molar-refractivity contribution in [1.29, 1.82) is 0 Å². The molecular weight excluding hydrogens is 274 g/mol. The van der Waals surface area contributed by atoms with Crippen molar-refractivity contribution in [2.45, 2.75) is 23.9 Å². The molecule has 0 bridgehead atoms. The van der Waals surface area contributed by atoms with Gasteiger partial charge in [0.1, 0.15) is 0 Å². The molecule has 0 amide bonds. The standard InChI is InChI=1S/C14H17N3O2S/c18-20(19)11-13(12-5-1-2-6-14(12)20)15-7-3-9-17-10-4-8-16-17/h1-2,4-6,8,10,13,15H,3,7,9,11H2. The van der Waals surface area contributed by atoms with Gasteiger partial charge in [0.05, 0.1) is 10.6 Å². The second-order valence-electron chi connectivity index (χ2n) is 4.95. The van der Waals surface area contributed by atoms with Crippen molar-refractivity contribution >= 4 is 9.84 Å². The highest BCUT2D eigenvalue weighted by Gasteiger charge is 2.33. The third-order valence-electron chi connectivity index (χ3n) is 3.53. The molecule has 1 aromatic heterocycles. The normalized spacial score (nSPS) is 19.9. The number of aryl methyl sites for hydroxylation is 1. The molecule has 1 aliphatic rings. The van der Waals surface area contributed by atoms with Gasteiger partial charge in [-0.1, -0.05) is 18.2 Å². The predicted octanol–water partition coefficient (Wildman–Crippen LogP) is 1.39. The van der Waals surface area contributed by atoms with Gasteiger partial charge >= 0.3 is 0 Å². The number of hydrogen-bond acceptors (Lipinski definition) is 4. The minimum atomic E-state index is -3.12. The van der Waals surface area contributed by atoms with E-state index in [0.29, 0.717) is 4.90 Å². The third kappa shape index (κ3) is 2.62. The zero-order valence-corrected chi connectivity index (χ0v) is 11.9. The molecule has 0 saturated carbocycles. The van der Waals surface area contributed by atoms with Crippen molar-refractivity contribution in [2.75, 3.05) is 12.3 Å². The van der Waals surface area contributed by atoms with E-state index in [0.717, 1.165) is 25.1 Å². The van der Waals surface area contributed by atoms with Gasteiger partial charge in [-0.25, -0.2) is 8.42 Å². The van der Waals surface area contributed by atoms with Gasteiger partial charge < -0.3 is 5.32 Å². The molecule has 1 unspecified atom stereocenters. The molecule has 1 aromatic carbocycles. The molecule has 1 N–H and O–H groups in total. The summed E-state index contributed by atoms with van der Waals surface area (Å²) in [5, 5.41) is 7.47. The van der Waals surface area contributed by atoms with Gasteiger partial charge in [-0.2, -0.15) is 5.10 Å². The fourth-order valence-electron chi connectivity index (χ4n) is 2.57. The zero-order chi connectivity index (χ0) is 14.0. The van der Waals surface area contributed by atoms with E-state index in [1.54, 1.807) is 18.3 Å². The van der Waals surface area contributed by atoms with E-state index in [-0.39, 0.29) is 11.8 Å². The summed E-state index contributed by atoms with van der Waals surface area (Å²) >= 11 is 0. The SMILES string of the molecule is O=S1(=O)CC(NCCCn2cccn2)c2ccccc21. The first-order chi connectivity index (χ1) is 9.67. The average molecular weight is 291 g/mol. The minimum Gasteiger partial charge on any atom is -0.309 e. The minimum absolute atomic E-state index is 0.0891. The Balaban J connectivity index is 1.59. The van der Waals surface area contributed by atoms with Crippen LogP contribution in [0.25, 0.3) is 0 Å². The molecule has 0 fully saturated rings. The highest BCUT2D eigenvalue weighted by molar-refractivity contribution is 7.91. The van der Waals surface area contributed by atoms with Crippen LogP contribution in [0, 0.1) is 0 Å². The van der Waals surface area contributed by atoms with Crippen LogP contribution in [-0.4, -0.2) is 30.5 Å². The zero-order valence-electron chi connectivity index (χ0n) is 11.1. The lowest BCUT2D eigenvalue weighted by Gasteiger charge is -2.12. The Hall–Kier alpha value is -1.66. The molecule has 3 rings (SSSR count). The summed E-state index contributed by atoms with van der Waals surface area (Å²) in [6, 6.07) is 9.05. The molecule has 0 spiro atoms. The first-order valence-electron chi connectivity index (χ1n) is 6.69. The van der Waals surface area contributed by atoms with Gasteiger partial charge in [-0.3, -0.25) is 4.68 Å². The van der Waals surface area contributed by atoms with E-state index in [1.165, 1.54) is 0 Å². The summed E-state index contributed by atoms with van der Waals surface area (Å²) in [4.78, 5) is 0.476. The van der Waals surface area contributed by atoms with Crippen LogP contribution in [0.2, 0.25) is 0 Å². The van der Waals surface area contributed by atoms with Crippen molar-refractivity contribution in [3.63, 3.8) is 0 Å². The summed E-state index contributed by atoms with van der Waals surface area (Å²) in [5.74, 6) is 0.161. The van der Waals surface area contributed by atoms with Crippen molar-refractivity contribution in [3.05, 3.63) is 48.3 Å². The van der Waals surface area contributed by atoms with Crippen molar-refractivity contribution < 1.29 is 8.42 Å². The topological polar surface area (TPSA) is 64.0 Å². The Kier molecular flexibility index (Phi) is 3.58. The lowest BCUT2D eigenvalue weighted by molar-refractivity contribution is 0.508. The van der Waals surface area contributed by atoms with Crippen LogP contribution in [0.5, 0.6) is 0 Å². The monoisotopic (exact) mass is 291 g/mol. The van der Waals surface area contributed by atoms with Crippen LogP contribution in [-0.2, 0) is 16.4 Å². The number of hydrogen-bond donors (Lipinski definition) is 1.